The Morgan fingerprint density at radius 3 is 2.12 bits per heavy atom. The minimum absolute atomic E-state index is 0.300. The van der Waals surface area contributed by atoms with Crippen LogP contribution in [0.3, 0.4) is 0 Å². The normalized spacial score (nSPS) is 30.2. The zero-order chi connectivity index (χ0) is 11.6. The molecule has 0 amide bonds. The fourth-order valence-corrected chi connectivity index (χ4v) is 3.58. The molecule has 0 bridgehead atoms. The molecule has 2 aliphatic rings. The van der Waals surface area contributed by atoms with Crippen LogP contribution in [0.1, 0.15) is 71.6 Å². The largest absolute Gasteiger partial charge is 0.390 e. The summed E-state index contributed by atoms with van der Waals surface area (Å²) in [5.41, 5.74) is 2.86. The van der Waals surface area contributed by atoms with Gasteiger partial charge in [0.15, 0.2) is 0 Å². The summed E-state index contributed by atoms with van der Waals surface area (Å²) in [5, 5.41) is 10.7. The van der Waals surface area contributed by atoms with E-state index in [1.807, 2.05) is 0 Å². The van der Waals surface area contributed by atoms with Crippen molar-refractivity contribution in [3.63, 3.8) is 0 Å². The van der Waals surface area contributed by atoms with Gasteiger partial charge in [0, 0.05) is 0 Å². The molecule has 0 radical (unpaired) electrons. The average molecular weight is 222 g/mol. The number of allylic oxidation sites excluding steroid dienone is 2. The summed E-state index contributed by atoms with van der Waals surface area (Å²) in [6.45, 7) is 4.45. The summed E-state index contributed by atoms with van der Waals surface area (Å²) >= 11 is 0. The third-order valence-electron chi connectivity index (χ3n) is 4.78. The highest BCUT2D eigenvalue weighted by molar-refractivity contribution is 5.13. The van der Waals surface area contributed by atoms with Gasteiger partial charge in [0.25, 0.3) is 0 Å². The van der Waals surface area contributed by atoms with E-state index >= 15 is 0 Å². The number of aliphatic hydroxyl groups is 1. The second-order valence-corrected chi connectivity index (χ2v) is 6.04. The summed E-state index contributed by atoms with van der Waals surface area (Å²) in [6.07, 6.45) is 10.8. The molecule has 0 aromatic heterocycles. The topological polar surface area (TPSA) is 20.2 Å². The molecule has 0 spiro atoms. The molecule has 2 rings (SSSR count). The smallest absolute Gasteiger partial charge is 0.0676 e. The van der Waals surface area contributed by atoms with E-state index in [0.717, 1.165) is 12.8 Å². The Balaban J connectivity index is 1.95. The Labute approximate surface area is 99.9 Å². The van der Waals surface area contributed by atoms with Gasteiger partial charge in [0.2, 0.25) is 0 Å². The Kier molecular flexibility index (Phi) is 3.73. The van der Waals surface area contributed by atoms with Crippen molar-refractivity contribution >= 4 is 0 Å². The van der Waals surface area contributed by atoms with E-state index in [1.165, 1.54) is 50.5 Å². The molecule has 0 atom stereocenters. The molecule has 0 aliphatic heterocycles. The van der Waals surface area contributed by atoms with Crippen LogP contribution in [0, 0.1) is 5.92 Å². The molecular formula is C15H26O. The van der Waals surface area contributed by atoms with Crippen molar-refractivity contribution in [2.24, 2.45) is 5.92 Å². The average Bonchev–Trinajstić information content (AvgIpc) is 2.30. The lowest BCUT2D eigenvalue weighted by atomic mass is 9.69. The van der Waals surface area contributed by atoms with Gasteiger partial charge in [-0.1, -0.05) is 30.4 Å². The van der Waals surface area contributed by atoms with Gasteiger partial charge in [-0.25, -0.2) is 0 Å². The van der Waals surface area contributed by atoms with Crippen molar-refractivity contribution in [3.05, 3.63) is 11.1 Å². The van der Waals surface area contributed by atoms with E-state index in [2.05, 4.69) is 13.8 Å². The summed E-state index contributed by atoms with van der Waals surface area (Å²) < 4.78 is 0. The minimum Gasteiger partial charge on any atom is -0.390 e. The fraction of sp³-hybridized carbons (Fsp3) is 0.867. The lowest BCUT2D eigenvalue weighted by Crippen LogP contribution is -2.41. The van der Waals surface area contributed by atoms with Crippen LogP contribution in [0.5, 0.6) is 0 Å². The van der Waals surface area contributed by atoms with Gasteiger partial charge in [-0.15, -0.1) is 0 Å². The Bertz CT molecular complexity index is 257. The van der Waals surface area contributed by atoms with Crippen LogP contribution in [0.2, 0.25) is 0 Å². The van der Waals surface area contributed by atoms with Crippen LogP contribution in [-0.2, 0) is 0 Å². The van der Waals surface area contributed by atoms with Crippen LogP contribution in [0.4, 0.5) is 0 Å². The van der Waals surface area contributed by atoms with Crippen LogP contribution in [-0.4, -0.2) is 10.7 Å². The van der Waals surface area contributed by atoms with Gasteiger partial charge >= 0.3 is 0 Å². The number of rotatable bonds is 1. The molecule has 92 valence electrons. The van der Waals surface area contributed by atoms with Crippen molar-refractivity contribution in [3.8, 4) is 0 Å². The monoisotopic (exact) mass is 222 g/mol. The van der Waals surface area contributed by atoms with Gasteiger partial charge < -0.3 is 5.11 Å². The van der Waals surface area contributed by atoms with E-state index in [1.54, 1.807) is 5.57 Å². The zero-order valence-electron chi connectivity index (χ0n) is 10.9. The zero-order valence-corrected chi connectivity index (χ0v) is 10.9. The molecular weight excluding hydrogens is 196 g/mol. The molecule has 0 unspecified atom stereocenters. The van der Waals surface area contributed by atoms with Crippen LogP contribution < -0.4 is 0 Å². The molecule has 0 aromatic carbocycles. The minimum atomic E-state index is -0.300. The Morgan fingerprint density at radius 2 is 1.62 bits per heavy atom. The molecule has 0 saturated heterocycles. The van der Waals surface area contributed by atoms with Crippen molar-refractivity contribution in [1.82, 2.24) is 0 Å². The second-order valence-electron chi connectivity index (χ2n) is 6.04. The molecule has 1 heteroatoms. The highest BCUT2D eigenvalue weighted by Gasteiger charge is 2.38. The van der Waals surface area contributed by atoms with E-state index in [4.69, 9.17) is 0 Å². The number of hydrogen-bond acceptors (Lipinski definition) is 1. The SMILES string of the molecule is CC(C)=C1CCC(C2(O)CCCCC2)CC1. The third kappa shape index (κ3) is 2.51. The first-order valence-electron chi connectivity index (χ1n) is 6.99. The first-order valence-corrected chi connectivity index (χ1v) is 6.99. The number of hydrogen-bond donors (Lipinski definition) is 1. The molecule has 2 saturated carbocycles. The standard InChI is InChI=1S/C15H26O/c1-12(2)13-6-8-14(9-7-13)15(16)10-4-3-5-11-15/h14,16H,3-11H2,1-2H3. The highest BCUT2D eigenvalue weighted by Crippen LogP contribution is 2.43. The molecule has 1 N–H and O–H groups in total. The maximum absolute atomic E-state index is 10.7. The molecule has 16 heavy (non-hydrogen) atoms. The Hall–Kier alpha value is -0.300. The summed E-state index contributed by atoms with van der Waals surface area (Å²) in [7, 11) is 0. The summed E-state index contributed by atoms with van der Waals surface area (Å²) in [5.74, 6) is 0.580. The van der Waals surface area contributed by atoms with Gasteiger partial charge in [0.1, 0.15) is 0 Å². The van der Waals surface area contributed by atoms with Crippen molar-refractivity contribution in [2.75, 3.05) is 0 Å². The predicted molar refractivity (Wildman–Crippen MR) is 68.4 cm³/mol. The molecule has 0 aromatic rings. The first-order chi connectivity index (χ1) is 7.62. The van der Waals surface area contributed by atoms with E-state index in [9.17, 15) is 5.11 Å². The molecule has 2 aliphatic carbocycles. The summed E-state index contributed by atoms with van der Waals surface area (Å²) in [6, 6.07) is 0. The van der Waals surface area contributed by atoms with E-state index < -0.39 is 0 Å². The van der Waals surface area contributed by atoms with E-state index in [0.29, 0.717) is 5.92 Å². The van der Waals surface area contributed by atoms with Gasteiger partial charge in [-0.3, -0.25) is 0 Å². The lowest BCUT2D eigenvalue weighted by molar-refractivity contribution is -0.0579. The van der Waals surface area contributed by atoms with Crippen LogP contribution in [0.15, 0.2) is 11.1 Å². The highest BCUT2D eigenvalue weighted by atomic mass is 16.3. The quantitative estimate of drug-likeness (QED) is 0.659. The maximum Gasteiger partial charge on any atom is 0.0676 e. The predicted octanol–water partition coefficient (Wildman–Crippen LogP) is 4.21. The molecule has 0 heterocycles. The van der Waals surface area contributed by atoms with Crippen molar-refractivity contribution in [2.45, 2.75) is 77.2 Å². The van der Waals surface area contributed by atoms with E-state index in [-0.39, 0.29) is 5.60 Å². The molecule has 1 nitrogen and oxygen atoms in total. The van der Waals surface area contributed by atoms with Crippen molar-refractivity contribution in [1.29, 1.82) is 0 Å². The Morgan fingerprint density at radius 1 is 1.06 bits per heavy atom. The second kappa shape index (κ2) is 4.91. The third-order valence-corrected chi connectivity index (χ3v) is 4.78. The summed E-state index contributed by atoms with van der Waals surface area (Å²) in [4.78, 5) is 0. The first kappa shape index (κ1) is 12.2. The maximum atomic E-state index is 10.7. The fourth-order valence-electron chi connectivity index (χ4n) is 3.58. The van der Waals surface area contributed by atoms with Gasteiger partial charge in [-0.2, -0.15) is 0 Å². The molecule has 2 fully saturated rings. The van der Waals surface area contributed by atoms with Crippen LogP contribution >= 0.6 is 0 Å². The van der Waals surface area contributed by atoms with Crippen molar-refractivity contribution < 1.29 is 5.11 Å². The van der Waals surface area contributed by atoms with Crippen LogP contribution in [0.25, 0.3) is 0 Å². The van der Waals surface area contributed by atoms with Gasteiger partial charge in [0.05, 0.1) is 5.60 Å². The van der Waals surface area contributed by atoms with Gasteiger partial charge in [-0.05, 0) is 58.3 Å². The lowest BCUT2D eigenvalue weighted by Gasteiger charge is -2.41.